The first-order chi connectivity index (χ1) is 5.81. The average molecular weight is 164 g/mol. The molecule has 2 rings (SSSR count). The predicted molar refractivity (Wildman–Crippen MR) is 46.4 cm³/mol. The summed E-state index contributed by atoms with van der Waals surface area (Å²) in [6.45, 7) is 2.91. The molecule has 1 atom stereocenters. The number of benzene rings is 1. The Morgan fingerprint density at radius 2 is 2.25 bits per heavy atom. The second-order valence-electron chi connectivity index (χ2n) is 3.07. The van der Waals surface area contributed by atoms with Gasteiger partial charge in [-0.25, -0.2) is 0 Å². The van der Waals surface area contributed by atoms with Crippen LogP contribution in [0.2, 0.25) is 0 Å². The molecule has 0 unspecified atom stereocenters. The van der Waals surface area contributed by atoms with E-state index in [9.17, 15) is 0 Å². The van der Waals surface area contributed by atoms with Crippen LogP contribution in [0.15, 0.2) is 18.2 Å². The van der Waals surface area contributed by atoms with Crippen molar-refractivity contribution in [3.63, 3.8) is 0 Å². The van der Waals surface area contributed by atoms with Crippen molar-refractivity contribution in [1.82, 2.24) is 0 Å². The maximum atomic E-state index is 5.22. The molecule has 0 N–H and O–H groups in total. The van der Waals surface area contributed by atoms with Gasteiger partial charge in [0.1, 0.15) is 11.9 Å². The van der Waals surface area contributed by atoms with Crippen LogP contribution in [0, 0.1) is 6.92 Å². The first kappa shape index (κ1) is 7.62. The average Bonchev–Trinajstić information content (AvgIpc) is 2.87. The molecular weight excluding hydrogens is 152 g/mol. The van der Waals surface area contributed by atoms with Crippen LogP contribution in [0.1, 0.15) is 17.2 Å². The molecule has 1 heterocycles. The summed E-state index contributed by atoms with van der Waals surface area (Å²) in [5, 5.41) is 0. The van der Waals surface area contributed by atoms with Gasteiger partial charge in [-0.05, 0) is 19.1 Å². The fourth-order valence-corrected chi connectivity index (χ4v) is 1.33. The van der Waals surface area contributed by atoms with Crippen molar-refractivity contribution in [2.24, 2.45) is 0 Å². The largest absolute Gasteiger partial charge is 0.496 e. The minimum absolute atomic E-state index is 0.278. The van der Waals surface area contributed by atoms with E-state index in [2.05, 4.69) is 13.0 Å². The summed E-state index contributed by atoms with van der Waals surface area (Å²) < 4.78 is 10.4. The Morgan fingerprint density at radius 3 is 2.83 bits per heavy atom. The maximum Gasteiger partial charge on any atom is 0.124 e. The van der Waals surface area contributed by atoms with Crippen molar-refractivity contribution in [3.8, 4) is 5.75 Å². The van der Waals surface area contributed by atoms with Crippen molar-refractivity contribution in [1.29, 1.82) is 0 Å². The van der Waals surface area contributed by atoms with Gasteiger partial charge in [0.25, 0.3) is 0 Å². The van der Waals surface area contributed by atoms with Crippen molar-refractivity contribution >= 4 is 0 Å². The third kappa shape index (κ3) is 1.30. The number of methoxy groups -OCH3 is 1. The third-order valence-corrected chi connectivity index (χ3v) is 2.07. The summed E-state index contributed by atoms with van der Waals surface area (Å²) in [6, 6.07) is 6.16. The van der Waals surface area contributed by atoms with Gasteiger partial charge in [-0.2, -0.15) is 0 Å². The maximum absolute atomic E-state index is 5.22. The van der Waals surface area contributed by atoms with Crippen molar-refractivity contribution in [3.05, 3.63) is 29.3 Å². The van der Waals surface area contributed by atoms with Crippen LogP contribution in [0.25, 0.3) is 0 Å². The zero-order valence-electron chi connectivity index (χ0n) is 7.33. The Hall–Kier alpha value is -1.02. The summed E-state index contributed by atoms with van der Waals surface area (Å²) >= 11 is 0. The smallest absolute Gasteiger partial charge is 0.124 e. The standard InChI is InChI=1S/C10H12O2/c1-7-3-4-9(11-2)8(5-7)10-6-12-10/h3-5,10H,6H2,1-2H3/t10-/m0/s1. The van der Waals surface area contributed by atoms with E-state index in [0.717, 1.165) is 12.4 Å². The van der Waals surface area contributed by atoms with E-state index < -0.39 is 0 Å². The minimum atomic E-state index is 0.278. The van der Waals surface area contributed by atoms with Gasteiger partial charge >= 0.3 is 0 Å². The highest BCUT2D eigenvalue weighted by Crippen LogP contribution is 2.36. The number of hydrogen-bond donors (Lipinski definition) is 0. The Labute approximate surface area is 72.1 Å². The van der Waals surface area contributed by atoms with Crippen LogP contribution in [-0.4, -0.2) is 13.7 Å². The first-order valence-corrected chi connectivity index (χ1v) is 4.07. The zero-order chi connectivity index (χ0) is 8.55. The minimum Gasteiger partial charge on any atom is -0.496 e. The van der Waals surface area contributed by atoms with E-state index in [1.807, 2.05) is 12.1 Å². The van der Waals surface area contributed by atoms with E-state index >= 15 is 0 Å². The summed E-state index contributed by atoms with van der Waals surface area (Å²) in [5.74, 6) is 0.933. The van der Waals surface area contributed by atoms with Gasteiger partial charge in [-0.15, -0.1) is 0 Å². The molecule has 0 spiro atoms. The fourth-order valence-electron chi connectivity index (χ4n) is 1.33. The fraction of sp³-hybridized carbons (Fsp3) is 0.400. The van der Waals surface area contributed by atoms with Gasteiger partial charge in [0.15, 0.2) is 0 Å². The molecule has 2 nitrogen and oxygen atoms in total. The summed E-state index contributed by atoms with van der Waals surface area (Å²) in [6.07, 6.45) is 0.278. The monoisotopic (exact) mass is 164 g/mol. The second-order valence-corrected chi connectivity index (χ2v) is 3.07. The highest BCUT2D eigenvalue weighted by molar-refractivity contribution is 5.39. The predicted octanol–water partition coefficient (Wildman–Crippen LogP) is 2.07. The molecule has 0 amide bonds. The number of epoxide rings is 1. The number of hydrogen-bond acceptors (Lipinski definition) is 2. The second kappa shape index (κ2) is 2.79. The molecular formula is C10H12O2. The van der Waals surface area contributed by atoms with Crippen LogP contribution < -0.4 is 4.74 Å². The van der Waals surface area contributed by atoms with Gasteiger partial charge < -0.3 is 9.47 Å². The van der Waals surface area contributed by atoms with Gasteiger partial charge in [-0.3, -0.25) is 0 Å². The summed E-state index contributed by atoms with van der Waals surface area (Å²) in [5.41, 5.74) is 2.43. The molecule has 1 aliphatic rings. The molecule has 0 saturated carbocycles. The van der Waals surface area contributed by atoms with Crippen molar-refractivity contribution in [2.75, 3.05) is 13.7 Å². The molecule has 0 bridgehead atoms. The lowest BCUT2D eigenvalue weighted by atomic mass is 10.1. The van der Waals surface area contributed by atoms with Gasteiger partial charge in [0.05, 0.1) is 13.7 Å². The summed E-state index contributed by atoms with van der Waals surface area (Å²) in [7, 11) is 1.69. The van der Waals surface area contributed by atoms with Gasteiger partial charge in [0.2, 0.25) is 0 Å². The molecule has 1 aromatic carbocycles. The van der Waals surface area contributed by atoms with Crippen LogP contribution >= 0.6 is 0 Å². The Morgan fingerprint density at radius 1 is 1.50 bits per heavy atom. The molecule has 2 heteroatoms. The molecule has 12 heavy (non-hydrogen) atoms. The molecule has 1 aromatic rings. The van der Waals surface area contributed by atoms with Crippen LogP contribution in [-0.2, 0) is 4.74 Å². The Balaban J connectivity index is 2.39. The van der Waals surface area contributed by atoms with Crippen LogP contribution in [0.3, 0.4) is 0 Å². The molecule has 0 aliphatic carbocycles. The van der Waals surface area contributed by atoms with E-state index in [-0.39, 0.29) is 6.10 Å². The lowest BCUT2D eigenvalue weighted by Gasteiger charge is -2.06. The van der Waals surface area contributed by atoms with E-state index in [4.69, 9.17) is 9.47 Å². The topological polar surface area (TPSA) is 21.8 Å². The van der Waals surface area contributed by atoms with Gasteiger partial charge in [-0.1, -0.05) is 11.6 Å². The van der Waals surface area contributed by atoms with Crippen LogP contribution in [0.4, 0.5) is 0 Å². The summed E-state index contributed by atoms with van der Waals surface area (Å²) in [4.78, 5) is 0. The lowest BCUT2D eigenvalue weighted by Crippen LogP contribution is -1.90. The Bertz CT molecular complexity index is 290. The molecule has 1 aliphatic heterocycles. The highest BCUT2D eigenvalue weighted by Gasteiger charge is 2.27. The van der Waals surface area contributed by atoms with E-state index in [0.29, 0.717) is 0 Å². The van der Waals surface area contributed by atoms with E-state index in [1.54, 1.807) is 7.11 Å². The molecule has 1 saturated heterocycles. The molecule has 0 aromatic heterocycles. The van der Waals surface area contributed by atoms with Gasteiger partial charge in [0, 0.05) is 5.56 Å². The third-order valence-electron chi connectivity index (χ3n) is 2.07. The highest BCUT2D eigenvalue weighted by atomic mass is 16.6. The normalized spacial score (nSPS) is 20.7. The van der Waals surface area contributed by atoms with E-state index in [1.165, 1.54) is 11.1 Å². The molecule has 64 valence electrons. The SMILES string of the molecule is COc1ccc(C)cc1[C@@H]1CO1. The first-order valence-electron chi connectivity index (χ1n) is 4.07. The van der Waals surface area contributed by atoms with Crippen molar-refractivity contribution in [2.45, 2.75) is 13.0 Å². The molecule has 0 radical (unpaired) electrons. The van der Waals surface area contributed by atoms with Crippen molar-refractivity contribution < 1.29 is 9.47 Å². The lowest BCUT2D eigenvalue weighted by molar-refractivity contribution is 0.383. The quantitative estimate of drug-likeness (QED) is 0.624. The number of ether oxygens (including phenoxy) is 2. The van der Waals surface area contributed by atoms with Crippen LogP contribution in [0.5, 0.6) is 5.75 Å². The molecule has 1 fully saturated rings. The Kier molecular flexibility index (Phi) is 1.77. The number of aryl methyl sites for hydroxylation is 1. The zero-order valence-corrected chi connectivity index (χ0v) is 7.33. The number of rotatable bonds is 2.